The molecule has 0 aromatic carbocycles. The largest absolute Gasteiger partial charge is 0.463 e. The molecule has 1 saturated heterocycles. The van der Waals surface area contributed by atoms with E-state index in [9.17, 15) is 15.3 Å². The number of nitrogens with one attached hydrogen (secondary N) is 1. The number of amidine groups is 1. The van der Waals surface area contributed by atoms with Crippen LogP contribution in [0.2, 0.25) is 0 Å². The van der Waals surface area contributed by atoms with Crippen LogP contribution in [0.4, 0.5) is 0 Å². The summed E-state index contributed by atoms with van der Waals surface area (Å²) in [6.45, 7) is 0.496. The van der Waals surface area contributed by atoms with Gasteiger partial charge in [-0.3, -0.25) is 0 Å². The van der Waals surface area contributed by atoms with Gasteiger partial charge in [-0.25, -0.2) is 4.99 Å². The molecule has 2 heterocycles. The van der Waals surface area contributed by atoms with Gasteiger partial charge in [0.05, 0.1) is 13.2 Å². The summed E-state index contributed by atoms with van der Waals surface area (Å²) in [6.07, 6.45) is -6.02. The zero-order valence-corrected chi connectivity index (χ0v) is 9.06. The van der Waals surface area contributed by atoms with Crippen molar-refractivity contribution < 1.29 is 29.9 Å². The zero-order chi connectivity index (χ0) is 12.4. The minimum Gasteiger partial charge on any atom is -0.463 e. The SMILES string of the molecule is OC[C@H]1OC(NC2=NCCO2)[C@H](O)[C@@H](O)[C@H]1O. The third kappa shape index (κ3) is 2.50. The lowest BCUT2D eigenvalue weighted by molar-refractivity contribution is -0.233. The molecule has 0 aliphatic carbocycles. The fraction of sp³-hybridized carbons (Fsp3) is 0.889. The number of aliphatic imine (C=N–C) groups is 1. The Morgan fingerprint density at radius 1 is 1.24 bits per heavy atom. The highest BCUT2D eigenvalue weighted by atomic mass is 16.6. The van der Waals surface area contributed by atoms with E-state index in [-0.39, 0.29) is 6.02 Å². The van der Waals surface area contributed by atoms with Crippen molar-refractivity contribution in [3.8, 4) is 0 Å². The van der Waals surface area contributed by atoms with E-state index < -0.39 is 37.3 Å². The third-order valence-corrected chi connectivity index (χ3v) is 2.74. The summed E-state index contributed by atoms with van der Waals surface area (Å²) >= 11 is 0. The molecule has 0 saturated carbocycles. The van der Waals surface area contributed by atoms with Crippen molar-refractivity contribution in [3.05, 3.63) is 0 Å². The first-order chi connectivity index (χ1) is 8.13. The monoisotopic (exact) mass is 248 g/mol. The standard InChI is InChI=1S/C9H16N2O6/c12-3-4-5(13)6(14)7(15)8(17-4)11-9-10-1-2-16-9/h4-8,12-15H,1-3H2,(H,10,11)/t4-,5+,6+,7-,8?/m1/s1. The molecule has 5 N–H and O–H groups in total. The summed E-state index contributed by atoms with van der Waals surface area (Å²) in [4.78, 5) is 3.94. The molecule has 2 rings (SSSR count). The Kier molecular flexibility index (Phi) is 3.79. The van der Waals surface area contributed by atoms with Crippen molar-refractivity contribution in [2.45, 2.75) is 30.6 Å². The summed E-state index contributed by atoms with van der Waals surface area (Å²) in [7, 11) is 0. The van der Waals surface area contributed by atoms with Crippen LogP contribution in [0.3, 0.4) is 0 Å². The van der Waals surface area contributed by atoms with Crippen molar-refractivity contribution in [1.82, 2.24) is 5.32 Å². The summed E-state index contributed by atoms with van der Waals surface area (Å²) in [5.74, 6) is 0. The summed E-state index contributed by atoms with van der Waals surface area (Å²) in [5.41, 5.74) is 0. The molecular formula is C9H16N2O6. The van der Waals surface area contributed by atoms with E-state index in [4.69, 9.17) is 14.6 Å². The second-order valence-electron chi connectivity index (χ2n) is 3.93. The summed E-state index contributed by atoms with van der Waals surface area (Å²) in [5, 5.41) is 40.4. The smallest absolute Gasteiger partial charge is 0.286 e. The van der Waals surface area contributed by atoms with Crippen LogP contribution in [-0.2, 0) is 9.47 Å². The number of hydrogen-bond donors (Lipinski definition) is 5. The normalized spacial score (nSPS) is 41.9. The predicted molar refractivity (Wildman–Crippen MR) is 55.2 cm³/mol. The number of ether oxygens (including phenoxy) is 2. The number of aliphatic hydroxyl groups excluding tert-OH is 4. The van der Waals surface area contributed by atoms with Crippen LogP contribution in [0.25, 0.3) is 0 Å². The maximum absolute atomic E-state index is 9.69. The van der Waals surface area contributed by atoms with Crippen molar-refractivity contribution in [3.63, 3.8) is 0 Å². The second kappa shape index (κ2) is 5.15. The van der Waals surface area contributed by atoms with Crippen LogP contribution < -0.4 is 5.32 Å². The van der Waals surface area contributed by atoms with E-state index >= 15 is 0 Å². The van der Waals surface area contributed by atoms with Gasteiger partial charge in [0, 0.05) is 0 Å². The van der Waals surface area contributed by atoms with Crippen LogP contribution in [0.5, 0.6) is 0 Å². The van der Waals surface area contributed by atoms with E-state index in [1.807, 2.05) is 0 Å². The minimum atomic E-state index is -1.40. The van der Waals surface area contributed by atoms with Gasteiger partial charge in [-0.2, -0.15) is 0 Å². The van der Waals surface area contributed by atoms with Crippen molar-refractivity contribution >= 4 is 6.02 Å². The Hall–Kier alpha value is -0.930. The maximum atomic E-state index is 9.69. The highest BCUT2D eigenvalue weighted by molar-refractivity contribution is 5.75. The molecule has 0 bridgehead atoms. The Morgan fingerprint density at radius 3 is 2.59 bits per heavy atom. The zero-order valence-electron chi connectivity index (χ0n) is 9.06. The van der Waals surface area contributed by atoms with E-state index in [0.29, 0.717) is 13.2 Å². The van der Waals surface area contributed by atoms with Crippen LogP contribution in [0.15, 0.2) is 4.99 Å². The summed E-state index contributed by atoms with van der Waals surface area (Å²) < 4.78 is 10.3. The van der Waals surface area contributed by atoms with Gasteiger partial charge in [-0.15, -0.1) is 0 Å². The van der Waals surface area contributed by atoms with Gasteiger partial charge in [-0.05, 0) is 0 Å². The molecule has 17 heavy (non-hydrogen) atoms. The maximum Gasteiger partial charge on any atom is 0.286 e. The molecule has 0 amide bonds. The molecule has 5 atom stereocenters. The van der Waals surface area contributed by atoms with Gasteiger partial charge in [0.1, 0.15) is 31.0 Å². The van der Waals surface area contributed by atoms with Gasteiger partial charge < -0.3 is 35.2 Å². The number of nitrogens with zero attached hydrogens (tertiary/aromatic N) is 1. The van der Waals surface area contributed by atoms with Gasteiger partial charge >= 0.3 is 0 Å². The van der Waals surface area contributed by atoms with Gasteiger partial charge in [-0.1, -0.05) is 0 Å². The molecular weight excluding hydrogens is 232 g/mol. The minimum absolute atomic E-state index is 0.217. The first-order valence-corrected chi connectivity index (χ1v) is 5.38. The number of rotatable bonds is 2. The molecule has 0 radical (unpaired) electrons. The van der Waals surface area contributed by atoms with Gasteiger partial charge in [0.2, 0.25) is 0 Å². The first-order valence-electron chi connectivity index (χ1n) is 5.38. The highest BCUT2D eigenvalue weighted by Crippen LogP contribution is 2.19. The molecule has 1 fully saturated rings. The van der Waals surface area contributed by atoms with E-state index in [1.54, 1.807) is 0 Å². The van der Waals surface area contributed by atoms with Crippen molar-refractivity contribution in [1.29, 1.82) is 0 Å². The van der Waals surface area contributed by atoms with Crippen molar-refractivity contribution in [2.24, 2.45) is 4.99 Å². The topological polar surface area (TPSA) is 124 Å². The fourth-order valence-electron chi connectivity index (χ4n) is 1.76. The van der Waals surface area contributed by atoms with Crippen LogP contribution >= 0.6 is 0 Å². The lowest BCUT2D eigenvalue weighted by Gasteiger charge is -2.40. The number of aliphatic hydroxyl groups is 4. The quantitative estimate of drug-likeness (QED) is 0.348. The first kappa shape index (κ1) is 12.5. The van der Waals surface area contributed by atoms with Gasteiger partial charge in [0.25, 0.3) is 6.02 Å². The molecule has 0 aromatic rings. The summed E-state index contributed by atoms with van der Waals surface area (Å²) in [6, 6.07) is 0.217. The van der Waals surface area contributed by atoms with Crippen LogP contribution in [0, 0.1) is 0 Å². The van der Waals surface area contributed by atoms with E-state index in [0.717, 1.165) is 0 Å². The highest BCUT2D eigenvalue weighted by Gasteiger charge is 2.44. The Balaban J connectivity index is 2.00. The van der Waals surface area contributed by atoms with Crippen LogP contribution in [-0.4, -0.2) is 76.9 Å². The molecule has 98 valence electrons. The fourth-order valence-corrected chi connectivity index (χ4v) is 1.76. The lowest BCUT2D eigenvalue weighted by atomic mass is 9.98. The average Bonchev–Trinajstić information content (AvgIpc) is 2.83. The number of hydrogen-bond acceptors (Lipinski definition) is 8. The third-order valence-electron chi connectivity index (χ3n) is 2.74. The predicted octanol–water partition coefficient (Wildman–Crippen LogP) is -3.24. The van der Waals surface area contributed by atoms with Crippen molar-refractivity contribution in [2.75, 3.05) is 19.8 Å². The van der Waals surface area contributed by atoms with E-state index in [1.165, 1.54) is 0 Å². The second-order valence-corrected chi connectivity index (χ2v) is 3.93. The molecule has 8 nitrogen and oxygen atoms in total. The van der Waals surface area contributed by atoms with E-state index in [2.05, 4.69) is 10.3 Å². The molecule has 0 aromatic heterocycles. The molecule has 8 heteroatoms. The molecule has 0 spiro atoms. The lowest BCUT2D eigenvalue weighted by Crippen LogP contribution is -2.63. The molecule has 2 aliphatic rings. The van der Waals surface area contributed by atoms with Gasteiger partial charge in [0.15, 0.2) is 6.23 Å². The Labute approximate surface area is 97.5 Å². The molecule has 2 aliphatic heterocycles. The Bertz CT molecular complexity index is 297. The average molecular weight is 248 g/mol. The van der Waals surface area contributed by atoms with Crippen LogP contribution in [0.1, 0.15) is 0 Å². The Morgan fingerprint density at radius 2 is 2.00 bits per heavy atom. The molecule has 1 unspecified atom stereocenters.